The van der Waals surface area contributed by atoms with Crippen LogP contribution < -0.4 is 14.7 Å². The number of benzene rings is 11. The van der Waals surface area contributed by atoms with Gasteiger partial charge in [-0.3, -0.25) is 0 Å². The number of anilines is 9. The van der Waals surface area contributed by atoms with Crippen LogP contribution in [0.15, 0.2) is 285 Å². The fourth-order valence-electron chi connectivity index (χ4n) is 11.4. The number of hydrogen-bond donors (Lipinski definition) is 0. The first-order valence-corrected chi connectivity index (χ1v) is 24.1. The van der Waals surface area contributed by atoms with Gasteiger partial charge >= 0.3 is 0 Å². The zero-order valence-electron chi connectivity index (χ0n) is 38.5. The zero-order valence-corrected chi connectivity index (χ0v) is 38.5. The van der Waals surface area contributed by atoms with Crippen molar-refractivity contribution in [2.75, 3.05) is 14.7 Å². The Morgan fingerprint density at radius 1 is 0.200 bits per heavy atom. The van der Waals surface area contributed by atoms with E-state index in [1.807, 2.05) is 0 Å². The van der Waals surface area contributed by atoms with Gasteiger partial charge in [0.05, 0.1) is 11.1 Å². The van der Waals surface area contributed by atoms with E-state index in [0.29, 0.717) is 0 Å². The molecule has 0 saturated carbocycles. The molecule has 11 aromatic rings. The molecule has 0 fully saturated rings. The van der Waals surface area contributed by atoms with Crippen molar-refractivity contribution < 1.29 is 0 Å². The van der Waals surface area contributed by atoms with Crippen LogP contribution in [-0.2, 0) is 5.41 Å². The summed E-state index contributed by atoms with van der Waals surface area (Å²) in [5, 5.41) is 0. The summed E-state index contributed by atoms with van der Waals surface area (Å²) in [7, 11) is 0. The smallest absolute Gasteiger partial charge is 0.0727 e. The Balaban J connectivity index is 1.19. The first-order valence-electron chi connectivity index (χ1n) is 24.1. The fourth-order valence-corrected chi connectivity index (χ4v) is 11.4. The van der Waals surface area contributed by atoms with Crippen LogP contribution in [0.25, 0.3) is 33.4 Å². The lowest BCUT2D eigenvalue weighted by Crippen LogP contribution is -2.30. The monoisotopic (exact) mass is 893 g/mol. The molecule has 0 unspecified atom stereocenters. The minimum Gasteiger partial charge on any atom is -0.310 e. The third kappa shape index (κ3) is 6.58. The van der Waals surface area contributed by atoms with Crippen LogP contribution in [0.2, 0.25) is 0 Å². The van der Waals surface area contributed by atoms with Crippen LogP contribution in [0, 0.1) is 0 Å². The van der Waals surface area contributed by atoms with E-state index in [1.54, 1.807) is 0 Å². The Kier molecular flexibility index (Phi) is 10.1. The molecule has 3 nitrogen and oxygen atoms in total. The first-order chi connectivity index (χ1) is 34.8. The van der Waals surface area contributed by atoms with Gasteiger partial charge in [-0.15, -0.1) is 0 Å². The van der Waals surface area contributed by atoms with Crippen molar-refractivity contribution in [2.24, 2.45) is 0 Å². The Labute approximate surface area is 410 Å². The highest BCUT2D eigenvalue weighted by atomic mass is 15.2. The molecule has 330 valence electrons. The topological polar surface area (TPSA) is 9.72 Å². The fraction of sp³-hybridized carbons (Fsp3) is 0.0149. The van der Waals surface area contributed by atoms with Gasteiger partial charge in [-0.05, 0) is 153 Å². The van der Waals surface area contributed by atoms with Crippen molar-refractivity contribution >= 4 is 51.2 Å². The molecule has 0 radical (unpaired) electrons. The quantitative estimate of drug-likeness (QED) is 0.143. The Bertz CT molecular complexity index is 3380. The van der Waals surface area contributed by atoms with E-state index in [2.05, 4.69) is 300 Å². The first kappa shape index (κ1) is 41.0. The lowest BCUT2D eigenvalue weighted by Gasteiger charge is -2.38. The molecular weight excluding hydrogens is 847 g/mol. The van der Waals surface area contributed by atoms with Crippen molar-refractivity contribution in [1.29, 1.82) is 0 Å². The van der Waals surface area contributed by atoms with Crippen molar-refractivity contribution in [3.05, 3.63) is 307 Å². The van der Waals surface area contributed by atoms with Crippen LogP contribution >= 0.6 is 0 Å². The predicted molar refractivity (Wildman–Crippen MR) is 292 cm³/mol. The van der Waals surface area contributed by atoms with Gasteiger partial charge in [-0.25, -0.2) is 0 Å². The molecule has 2 aliphatic rings. The lowest BCUT2D eigenvalue weighted by molar-refractivity contribution is 0.775. The van der Waals surface area contributed by atoms with Gasteiger partial charge in [0, 0.05) is 51.1 Å². The minimum absolute atomic E-state index is 0.811. The standard InChI is InChI=1S/C67H47N3/c1-7-24-48(25-8-1)68(49-26-9-2-10-27-49)54-42-44-58-56-36-19-20-37-57(56)59-45-43-55(69(50-28-11-3-12-29-50)51-30-13-4-14-31-51)47-64(59)67(63(58)46-54)61-39-22-21-38-60(61)66-62(67)40-23-41-65(66)70(52-32-15-5-16-33-52)53-34-17-6-18-35-53/h1-47H. The summed E-state index contributed by atoms with van der Waals surface area (Å²) in [5.74, 6) is 0. The summed E-state index contributed by atoms with van der Waals surface area (Å²) in [6.07, 6.45) is 0. The van der Waals surface area contributed by atoms with Gasteiger partial charge in [-0.2, -0.15) is 0 Å². The van der Waals surface area contributed by atoms with Gasteiger partial charge in [0.1, 0.15) is 0 Å². The molecule has 0 bridgehead atoms. The van der Waals surface area contributed by atoms with Gasteiger partial charge in [-0.1, -0.05) is 182 Å². The summed E-state index contributed by atoms with van der Waals surface area (Å²) >= 11 is 0. The van der Waals surface area contributed by atoms with Gasteiger partial charge in [0.15, 0.2) is 0 Å². The molecule has 0 amide bonds. The highest BCUT2D eigenvalue weighted by Crippen LogP contribution is 2.64. The molecule has 0 aliphatic heterocycles. The van der Waals surface area contributed by atoms with E-state index >= 15 is 0 Å². The molecule has 3 heteroatoms. The molecule has 11 aromatic carbocycles. The van der Waals surface area contributed by atoms with Crippen molar-refractivity contribution in [1.82, 2.24) is 0 Å². The molecule has 70 heavy (non-hydrogen) atoms. The number of hydrogen-bond acceptors (Lipinski definition) is 3. The maximum absolute atomic E-state index is 2.50. The molecule has 13 rings (SSSR count). The van der Waals surface area contributed by atoms with E-state index in [0.717, 1.165) is 51.2 Å². The second-order valence-electron chi connectivity index (χ2n) is 18.0. The molecule has 0 atom stereocenters. The maximum Gasteiger partial charge on any atom is 0.0727 e. The normalized spacial score (nSPS) is 12.4. The highest BCUT2D eigenvalue weighted by molar-refractivity contribution is 6.03. The Morgan fingerprint density at radius 3 is 0.929 bits per heavy atom. The number of nitrogens with zero attached hydrogens (tertiary/aromatic N) is 3. The van der Waals surface area contributed by atoms with Crippen molar-refractivity contribution in [3.63, 3.8) is 0 Å². The summed E-state index contributed by atoms with van der Waals surface area (Å²) in [6.45, 7) is 0. The zero-order chi connectivity index (χ0) is 46.4. The molecule has 0 heterocycles. The van der Waals surface area contributed by atoms with Crippen LogP contribution in [0.5, 0.6) is 0 Å². The largest absolute Gasteiger partial charge is 0.310 e. The van der Waals surface area contributed by atoms with Crippen LogP contribution in [0.1, 0.15) is 22.3 Å². The second kappa shape index (κ2) is 17.2. The van der Waals surface area contributed by atoms with E-state index < -0.39 is 5.41 Å². The van der Waals surface area contributed by atoms with Gasteiger partial charge < -0.3 is 14.7 Å². The summed E-state index contributed by atoms with van der Waals surface area (Å²) in [4.78, 5) is 7.24. The second-order valence-corrected chi connectivity index (χ2v) is 18.0. The average molecular weight is 894 g/mol. The average Bonchev–Trinajstić information content (AvgIpc) is 3.69. The number of rotatable bonds is 9. The molecule has 0 aromatic heterocycles. The Morgan fingerprint density at radius 2 is 0.529 bits per heavy atom. The van der Waals surface area contributed by atoms with Gasteiger partial charge in [0.2, 0.25) is 0 Å². The van der Waals surface area contributed by atoms with E-state index in [4.69, 9.17) is 0 Å². The van der Waals surface area contributed by atoms with E-state index in [-0.39, 0.29) is 0 Å². The van der Waals surface area contributed by atoms with E-state index in [1.165, 1.54) is 55.6 Å². The number of fused-ring (bicyclic) bond motifs is 12. The van der Waals surface area contributed by atoms with Crippen molar-refractivity contribution in [3.8, 4) is 33.4 Å². The Hall–Kier alpha value is -9.18. The highest BCUT2D eigenvalue weighted by Gasteiger charge is 2.51. The summed E-state index contributed by atoms with van der Waals surface area (Å²) in [6, 6.07) is 104. The third-order valence-corrected chi connectivity index (χ3v) is 14.2. The third-order valence-electron chi connectivity index (χ3n) is 14.2. The number of para-hydroxylation sites is 6. The molecular formula is C67H47N3. The maximum atomic E-state index is 2.50. The van der Waals surface area contributed by atoms with E-state index in [9.17, 15) is 0 Å². The summed E-state index contributed by atoms with van der Waals surface area (Å²) in [5.41, 5.74) is 21.3. The summed E-state index contributed by atoms with van der Waals surface area (Å²) < 4.78 is 0. The van der Waals surface area contributed by atoms with Crippen molar-refractivity contribution in [2.45, 2.75) is 5.41 Å². The molecule has 1 spiro atoms. The predicted octanol–water partition coefficient (Wildman–Crippen LogP) is 18.1. The molecule has 0 saturated heterocycles. The molecule has 2 aliphatic carbocycles. The van der Waals surface area contributed by atoms with Crippen LogP contribution in [-0.4, -0.2) is 0 Å². The lowest BCUT2D eigenvalue weighted by atomic mass is 9.65. The minimum atomic E-state index is -0.811. The van der Waals surface area contributed by atoms with Gasteiger partial charge in [0.25, 0.3) is 0 Å². The van der Waals surface area contributed by atoms with Crippen LogP contribution in [0.4, 0.5) is 51.2 Å². The molecule has 0 N–H and O–H groups in total. The SMILES string of the molecule is c1ccc(N(c2ccccc2)c2ccc3c(c2)C2(c4cc(N(c5ccccc5)c5ccccc5)ccc4-c4ccccc4-3)c3ccccc3-c3c(N(c4ccccc4)c4ccccc4)cccc32)cc1. The van der Waals surface area contributed by atoms with Crippen LogP contribution in [0.3, 0.4) is 0 Å².